The van der Waals surface area contributed by atoms with Crippen LogP contribution in [-0.4, -0.2) is 63.9 Å². The summed E-state index contributed by atoms with van der Waals surface area (Å²) >= 11 is 0. The molecule has 1 saturated carbocycles. The molecule has 3 fully saturated rings. The van der Waals surface area contributed by atoms with Crippen LogP contribution < -0.4 is 5.32 Å². The van der Waals surface area contributed by atoms with E-state index in [-0.39, 0.29) is 29.7 Å². The molecular weight excluding hydrogens is 436 g/mol. The van der Waals surface area contributed by atoms with E-state index < -0.39 is 6.04 Å². The summed E-state index contributed by atoms with van der Waals surface area (Å²) in [5, 5.41) is 4.36. The van der Waals surface area contributed by atoms with E-state index in [2.05, 4.69) is 51.4 Å². The highest BCUT2D eigenvalue weighted by Crippen LogP contribution is 2.45. The summed E-state index contributed by atoms with van der Waals surface area (Å²) in [5.41, 5.74) is 3.77. The van der Waals surface area contributed by atoms with E-state index >= 15 is 0 Å². The first-order valence-corrected chi connectivity index (χ1v) is 13.9. The second kappa shape index (κ2) is 9.96. The summed E-state index contributed by atoms with van der Waals surface area (Å²) in [6.07, 6.45) is 9.81. The maximum Gasteiger partial charge on any atom is 0.245 e. The molecule has 190 valence electrons. The van der Waals surface area contributed by atoms with Gasteiger partial charge in [-0.1, -0.05) is 45.7 Å². The van der Waals surface area contributed by atoms with Gasteiger partial charge in [-0.05, 0) is 56.2 Å². The van der Waals surface area contributed by atoms with Gasteiger partial charge in [0.2, 0.25) is 11.8 Å². The Morgan fingerprint density at radius 3 is 2.63 bits per heavy atom. The first-order chi connectivity index (χ1) is 16.9. The molecule has 2 saturated heterocycles. The number of nitrogens with one attached hydrogen (secondary N) is 2. The number of hydrogen-bond donors (Lipinski definition) is 2. The van der Waals surface area contributed by atoms with Crippen molar-refractivity contribution in [2.45, 2.75) is 103 Å². The molecule has 2 N–H and O–H groups in total. The number of aromatic nitrogens is 1. The molecule has 6 heteroatoms. The lowest BCUT2D eigenvalue weighted by Gasteiger charge is -2.32. The van der Waals surface area contributed by atoms with Crippen molar-refractivity contribution in [1.82, 2.24) is 20.1 Å². The molecule has 0 spiro atoms. The zero-order chi connectivity index (χ0) is 24.7. The molecule has 3 heterocycles. The van der Waals surface area contributed by atoms with E-state index in [1.54, 1.807) is 0 Å². The van der Waals surface area contributed by atoms with Gasteiger partial charge in [0.25, 0.3) is 0 Å². The van der Waals surface area contributed by atoms with E-state index in [9.17, 15) is 9.59 Å². The van der Waals surface area contributed by atoms with Crippen LogP contribution in [0.25, 0.3) is 10.9 Å². The molecule has 2 aromatic rings. The summed E-state index contributed by atoms with van der Waals surface area (Å²) in [5.74, 6) is 0.304. The van der Waals surface area contributed by atoms with Crippen LogP contribution >= 0.6 is 0 Å². The van der Waals surface area contributed by atoms with Crippen molar-refractivity contribution in [2.24, 2.45) is 5.92 Å². The van der Waals surface area contributed by atoms with Crippen LogP contribution in [0.1, 0.15) is 82.8 Å². The van der Waals surface area contributed by atoms with Crippen molar-refractivity contribution < 1.29 is 9.59 Å². The molecule has 6 nitrogen and oxygen atoms in total. The van der Waals surface area contributed by atoms with Crippen LogP contribution in [0.2, 0.25) is 0 Å². The Morgan fingerprint density at radius 1 is 1.14 bits per heavy atom. The second-order valence-corrected chi connectivity index (χ2v) is 11.2. The van der Waals surface area contributed by atoms with Crippen molar-refractivity contribution in [3.63, 3.8) is 0 Å². The molecule has 0 radical (unpaired) electrons. The maximum absolute atomic E-state index is 13.9. The number of carbonyl (C=O) groups is 2. The fourth-order valence-electron chi connectivity index (χ4n) is 6.92. The van der Waals surface area contributed by atoms with E-state index in [1.165, 1.54) is 47.7 Å². The molecule has 1 aromatic carbocycles. The minimum absolute atomic E-state index is 0.00833. The lowest BCUT2D eigenvalue weighted by molar-refractivity contribution is -0.138. The molecule has 2 aliphatic heterocycles. The molecule has 5 atom stereocenters. The number of aromatic amines is 1. The highest BCUT2D eigenvalue weighted by atomic mass is 16.2. The van der Waals surface area contributed by atoms with Crippen LogP contribution in [0.4, 0.5) is 0 Å². The Morgan fingerprint density at radius 2 is 1.91 bits per heavy atom. The van der Waals surface area contributed by atoms with Crippen LogP contribution in [0.15, 0.2) is 24.4 Å². The highest BCUT2D eigenvalue weighted by Gasteiger charge is 2.53. The van der Waals surface area contributed by atoms with Gasteiger partial charge in [0.05, 0.1) is 6.04 Å². The number of carbonyl (C=O) groups excluding carboxylic acids is 2. The Balaban J connectivity index is 1.46. The van der Waals surface area contributed by atoms with Crippen molar-refractivity contribution >= 4 is 22.7 Å². The monoisotopic (exact) mass is 478 g/mol. The van der Waals surface area contributed by atoms with Crippen LogP contribution in [0.3, 0.4) is 0 Å². The van der Waals surface area contributed by atoms with E-state index in [4.69, 9.17) is 0 Å². The average Bonchev–Trinajstić information content (AvgIpc) is 3.65. The van der Waals surface area contributed by atoms with Gasteiger partial charge >= 0.3 is 0 Å². The standard InChI is InChI=1S/C29H42N4O2/c1-5-19(4)28(34)31-24(6-2)29(35)32-14-13-26-27(32)23(17-33(26)20-9-7-8-10-20)22-16-30-25-15-18(3)11-12-21(22)25/h11-12,15-16,19-20,23-24,26-27,30H,5-10,13-14,17H2,1-4H3,(H,31,34)/t19-,23-,24+,26-,27-/m1/s1. The number of aryl methyl sites for hydroxylation is 1. The van der Waals surface area contributed by atoms with Gasteiger partial charge in [0.1, 0.15) is 6.04 Å². The van der Waals surface area contributed by atoms with Gasteiger partial charge in [-0.15, -0.1) is 0 Å². The van der Waals surface area contributed by atoms with Gasteiger partial charge in [-0.3, -0.25) is 14.5 Å². The number of amides is 2. The van der Waals surface area contributed by atoms with Gasteiger partial charge < -0.3 is 15.2 Å². The molecule has 2 amide bonds. The van der Waals surface area contributed by atoms with Crippen molar-refractivity contribution in [2.75, 3.05) is 13.1 Å². The summed E-state index contributed by atoms with van der Waals surface area (Å²) in [4.78, 5) is 35.0. The first kappa shape index (κ1) is 24.4. The Kier molecular flexibility index (Phi) is 6.93. The van der Waals surface area contributed by atoms with Gasteiger partial charge in [0.15, 0.2) is 0 Å². The van der Waals surface area contributed by atoms with Crippen LogP contribution in [0, 0.1) is 12.8 Å². The predicted molar refractivity (Wildman–Crippen MR) is 140 cm³/mol. The number of nitrogens with zero attached hydrogens (tertiary/aromatic N) is 2. The minimum atomic E-state index is -0.443. The lowest BCUT2D eigenvalue weighted by atomic mass is 9.90. The molecule has 1 aliphatic carbocycles. The topological polar surface area (TPSA) is 68.4 Å². The second-order valence-electron chi connectivity index (χ2n) is 11.2. The number of fused-ring (bicyclic) bond motifs is 2. The number of rotatable bonds is 7. The molecule has 0 bridgehead atoms. The third kappa shape index (κ3) is 4.39. The summed E-state index contributed by atoms with van der Waals surface area (Å²) in [6, 6.07) is 7.42. The van der Waals surface area contributed by atoms with Crippen molar-refractivity contribution in [3.8, 4) is 0 Å². The smallest absolute Gasteiger partial charge is 0.245 e. The van der Waals surface area contributed by atoms with Gasteiger partial charge in [0, 0.05) is 54.1 Å². The number of hydrogen-bond acceptors (Lipinski definition) is 3. The summed E-state index contributed by atoms with van der Waals surface area (Å²) in [6.45, 7) is 9.88. The van der Waals surface area contributed by atoms with Crippen LogP contribution in [0.5, 0.6) is 0 Å². The predicted octanol–water partition coefficient (Wildman–Crippen LogP) is 4.73. The molecule has 5 rings (SSSR count). The number of H-pyrrole nitrogens is 1. The van der Waals surface area contributed by atoms with Gasteiger partial charge in [-0.2, -0.15) is 0 Å². The Hall–Kier alpha value is -2.34. The fourth-order valence-corrected chi connectivity index (χ4v) is 6.92. The number of likely N-dealkylation sites (tertiary alicyclic amines) is 2. The molecule has 1 aromatic heterocycles. The molecule has 3 aliphatic rings. The Labute approximate surface area is 209 Å². The lowest BCUT2D eigenvalue weighted by Crippen LogP contribution is -2.52. The van der Waals surface area contributed by atoms with E-state index in [0.717, 1.165) is 25.9 Å². The average molecular weight is 479 g/mol. The third-order valence-electron chi connectivity index (χ3n) is 9.09. The molecule has 35 heavy (non-hydrogen) atoms. The van der Waals surface area contributed by atoms with Crippen LogP contribution in [-0.2, 0) is 9.59 Å². The SMILES string of the molecule is CC[C@@H](C)C(=O)N[C@@H](CC)C(=O)N1CC[C@@H]2[C@H]1[C@@H](c1c[nH]c3cc(C)ccc13)CN2C1CCCC1. The fraction of sp³-hybridized carbons (Fsp3) is 0.655. The van der Waals surface area contributed by atoms with Gasteiger partial charge in [-0.25, -0.2) is 0 Å². The first-order valence-electron chi connectivity index (χ1n) is 13.9. The zero-order valence-corrected chi connectivity index (χ0v) is 21.8. The minimum Gasteiger partial charge on any atom is -0.361 e. The molecule has 0 unspecified atom stereocenters. The van der Waals surface area contributed by atoms with Crippen molar-refractivity contribution in [3.05, 3.63) is 35.5 Å². The summed E-state index contributed by atoms with van der Waals surface area (Å²) in [7, 11) is 0. The maximum atomic E-state index is 13.9. The molecular formula is C29H42N4O2. The quantitative estimate of drug-likeness (QED) is 0.605. The van der Waals surface area contributed by atoms with Crippen molar-refractivity contribution in [1.29, 1.82) is 0 Å². The number of benzene rings is 1. The van der Waals surface area contributed by atoms with E-state index in [1.807, 2.05) is 20.8 Å². The van der Waals surface area contributed by atoms with E-state index in [0.29, 0.717) is 18.5 Å². The zero-order valence-electron chi connectivity index (χ0n) is 21.8. The summed E-state index contributed by atoms with van der Waals surface area (Å²) < 4.78 is 0. The Bertz CT molecular complexity index is 1070. The highest BCUT2D eigenvalue weighted by molar-refractivity contribution is 5.89. The normalized spacial score (nSPS) is 26.9. The largest absolute Gasteiger partial charge is 0.361 e. The third-order valence-corrected chi connectivity index (χ3v) is 9.09.